The Balaban J connectivity index is 1.18. The SMILES string of the molecule is CC1(C)c2ccccc2-c2ccc(N(c3ccc(-c4cc5ccccc5c5ccccc45)cc3)c3cccc4c3sc3cnccc34)cc21. The number of hydrogen-bond acceptors (Lipinski definition) is 3. The van der Waals surface area contributed by atoms with Crippen molar-refractivity contribution in [2.75, 3.05) is 4.90 Å². The van der Waals surface area contributed by atoms with Gasteiger partial charge in [0.2, 0.25) is 0 Å². The van der Waals surface area contributed by atoms with Crippen LogP contribution in [0.2, 0.25) is 0 Å². The molecule has 232 valence electrons. The fraction of sp³-hybridized carbons (Fsp3) is 0.0652. The Morgan fingerprint density at radius 2 is 1.24 bits per heavy atom. The second-order valence-electron chi connectivity index (χ2n) is 13.6. The smallest absolute Gasteiger partial charge is 0.0640 e. The highest BCUT2D eigenvalue weighted by molar-refractivity contribution is 7.26. The van der Waals surface area contributed by atoms with Crippen molar-refractivity contribution in [2.24, 2.45) is 0 Å². The maximum atomic E-state index is 4.45. The zero-order valence-electron chi connectivity index (χ0n) is 27.3. The molecule has 3 heteroatoms. The Labute approximate surface area is 289 Å². The maximum absolute atomic E-state index is 4.45. The van der Waals surface area contributed by atoms with Gasteiger partial charge in [0.15, 0.2) is 0 Å². The number of aromatic nitrogens is 1. The number of pyridine rings is 1. The summed E-state index contributed by atoms with van der Waals surface area (Å²) >= 11 is 1.82. The molecule has 0 aliphatic heterocycles. The largest absolute Gasteiger partial charge is 0.309 e. The van der Waals surface area contributed by atoms with E-state index in [1.54, 1.807) is 0 Å². The van der Waals surface area contributed by atoms with Crippen molar-refractivity contribution >= 4 is 70.1 Å². The monoisotopic (exact) mass is 644 g/mol. The van der Waals surface area contributed by atoms with Crippen molar-refractivity contribution in [2.45, 2.75) is 19.3 Å². The van der Waals surface area contributed by atoms with E-state index in [0.717, 1.165) is 11.4 Å². The molecular weight excluding hydrogens is 613 g/mol. The first-order valence-electron chi connectivity index (χ1n) is 16.9. The Hall–Kier alpha value is -5.77. The Kier molecular flexibility index (Phi) is 6.12. The van der Waals surface area contributed by atoms with Gasteiger partial charge in [-0.3, -0.25) is 4.98 Å². The van der Waals surface area contributed by atoms with Crippen molar-refractivity contribution in [1.82, 2.24) is 4.98 Å². The average Bonchev–Trinajstić information content (AvgIpc) is 3.64. The van der Waals surface area contributed by atoms with Gasteiger partial charge in [-0.05, 0) is 97.4 Å². The minimum atomic E-state index is -0.0934. The van der Waals surface area contributed by atoms with Crippen molar-refractivity contribution in [1.29, 1.82) is 0 Å². The lowest BCUT2D eigenvalue weighted by molar-refractivity contribution is 0.660. The number of hydrogen-bond donors (Lipinski definition) is 0. The summed E-state index contributed by atoms with van der Waals surface area (Å²) in [6.07, 6.45) is 3.89. The van der Waals surface area contributed by atoms with E-state index in [4.69, 9.17) is 0 Å². The Morgan fingerprint density at radius 1 is 0.531 bits per heavy atom. The molecule has 0 saturated carbocycles. The molecule has 0 N–H and O–H groups in total. The molecule has 1 aliphatic rings. The van der Waals surface area contributed by atoms with Crippen molar-refractivity contribution in [3.8, 4) is 22.3 Å². The van der Waals surface area contributed by atoms with Gasteiger partial charge in [0.25, 0.3) is 0 Å². The van der Waals surface area contributed by atoms with Crippen molar-refractivity contribution < 1.29 is 0 Å². The molecule has 2 nitrogen and oxygen atoms in total. The van der Waals surface area contributed by atoms with Crippen LogP contribution in [0.25, 0.3) is 64.0 Å². The summed E-state index contributed by atoms with van der Waals surface area (Å²) in [6.45, 7) is 4.71. The second-order valence-corrected chi connectivity index (χ2v) is 14.7. The van der Waals surface area contributed by atoms with Crippen molar-refractivity contribution in [3.63, 3.8) is 0 Å². The summed E-state index contributed by atoms with van der Waals surface area (Å²) in [7, 11) is 0. The summed E-state index contributed by atoms with van der Waals surface area (Å²) in [5.74, 6) is 0. The standard InChI is InChI=1S/C46H32N2S/c1-46(2)41-16-8-7-14-36(41)37-23-22-32(27-42(37)46)48(43-17-9-15-39-38-24-25-47-28-44(38)49-45(39)43)31-20-18-29(19-21-31)40-26-30-10-3-4-11-33(30)34-12-5-6-13-35(34)40/h3-28H,1-2H3. The summed E-state index contributed by atoms with van der Waals surface area (Å²) in [5.41, 5.74) is 11.3. The molecule has 10 rings (SSSR count). The van der Waals surface area contributed by atoms with E-state index >= 15 is 0 Å². The highest BCUT2D eigenvalue weighted by atomic mass is 32.1. The number of nitrogens with zero attached hydrogens (tertiary/aromatic N) is 2. The Bertz CT molecular complexity index is 2750. The van der Waals surface area contributed by atoms with Crippen LogP contribution in [0, 0.1) is 0 Å². The maximum Gasteiger partial charge on any atom is 0.0640 e. The van der Waals surface area contributed by atoms with E-state index < -0.39 is 0 Å². The molecule has 49 heavy (non-hydrogen) atoms. The summed E-state index contributed by atoms with van der Waals surface area (Å²) in [6, 6.07) is 53.8. The van der Waals surface area contributed by atoms with Gasteiger partial charge in [0.05, 0.1) is 15.1 Å². The lowest BCUT2D eigenvalue weighted by Crippen LogP contribution is -2.16. The van der Waals surface area contributed by atoms with Gasteiger partial charge >= 0.3 is 0 Å². The number of thiophene rings is 1. The molecule has 0 radical (unpaired) electrons. The van der Waals surface area contributed by atoms with Crippen LogP contribution >= 0.6 is 11.3 Å². The van der Waals surface area contributed by atoms with E-state index in [-0.39, 0.29) is 5.41 Å². The first-order valence-corrected chi connectivity index (χ1v) is 17.7. The van der Waals surface area contributed by atoms with Crippen LogP contribution in [-0.2, 0) is 5.41 Å². The molecular formula is C46H32N2S. The van der Waals surface area contributed by atoms with E-state index in [2.05, 4.69) is 169 Å². The predicted molar refractivity (Wildman–Crippen MR) is 210 cm³/mol. The highest BCUT2D eigenvalue weighted by Gasteiger charge is 2.35. The minimum Gasteiger partial charge on any atom is -0.309 e. The third-order valence-electron chi connectivity index (χ3n) is 10.6. The molecule has 0 bridgehead atoms. The van der Waals surface area contributed by atoms with E-state index in [1.807, 2.05) is 23.7 Å². The van der Waals surface area contributed by atoms with Gasteiger partial charge in [-0.25, -0.2) is 0 Å². The van der Waals surface area contributed by atoms with Crippen LogP contribution in [0.3, 0.4) is 0 Å². The molecule has 2 heterocycles. The number of anilines is 3. The number of rotatable bonds is 4. The molecule has 0 atom stereocenters. The predicted octanol–water partition coefficient (Wildman–Crippen LogP) is 13.2. The first kappa shape index (κ1) is 28.3. The van der Waals surface area contributed by atoms with Crippen LogP contribution < -0.4 is 4.90 Å². The van der Waals surface area contributed by atoms with Crippen LogP contribution in [0.1, 0.15) is 25.0 Å². The lowest BCUT2D eigenvalue weighted by atomic mass is 9.82. The minimum absolute atomic E-state index is 0.0934. The molecule has 0 spiro atoms. The van der Waals surface area contributed by atoms with Crippen LogP contribution in [-0.4, -0.2) is 4.98 Å². The van der Waals surface area contributed by atoms with Gasteiger partial charge in [-0.1, -0.05) is 117 Å². The van der Waals surface area contributed by atoms with Crippen LogP contribution in [0.4, 0.5) is 17.1 Å². The molecule has 2 aromatic heterocycles. The Morgan fingerprint density at radius 3 is 2.12 bits per heavy atom. The third-order valence-corrected chi connectivity index (χ3v) is 11.7. The second kappa shape index (κ2) is 10.6. The van der Waals surface area contributed by atoms with Crippen LogP contribution in [0.5, 0.6) is 0 Å². The summed E-state index contributed by atoms with van der Waals surface area (Å²) < 4.78 is 2.46. The fourth-order valence-electron chi connectivity index (χ4n) is 8.16. The van der Waals surface area contributed by atoms with Gasteiger partial charge < -0.3 is 4.90 Å². The summed E-state index contributed by atoms with van der Waals surface area (Å²) in [4.78, 5) is 6.90. The van der Waals surface area contributed by atoms with Gasteiger partial charge in [-0.2, -0.15) is 0 Å². The van der Waals surface area contributed by atoms with E-state index in [9.17, 15) is 0 Å². The molecule has 0 fully saturated rings. The topological polar surface area (TPSA) is 16.1 Å². The summed E-state index contributed by atoms with van der Waals surface area (Å²) in [5, 5.41) is 7.62. The molecule has 0 amide bonds. The third kappa shape index (κ3) is 4.22. The highest BCUT2D eigenvalue weighted by Crippen LogP contribution is 2.52. The van der Waals surface area contributed by atoms with Crippen molar-refractivity contribution in [3.05, 3.63) is 169 Å². The fourth-order valence-corrected chi connectivity index (χ4v) is 9.33. The molecule has 0 unspecified atom stereocenters. The van der Waals surface area contributed by atoms with Gasteiger partial charge in [0.1, 0.15) is 0 Å². The van der Waals surface area contributed by atoms with Crippen LogP contribution in [0.15, 0.2) is 158 Å². The lowest BCUT2D eigenvalue weighted by Gasteiger charge is -2.28. The normalized spacial score (nSPS) is 13.3. The first-order chi connectivity index (χ1) is 24.1. The van der Waals surface area contributed by atoms with Gasteiger partial charge in [-0.15, -0.1) is 11.3 Å². The zero-order chi connectivity index (χ0) is 32.7. The van der Waals surface area contributed by atoms with E-state index in [0.29, 0.717) is 0 Å². The zero-order valence-corrected chi connectivity index (χ0v) is 28.1. The quantitative estimate of drug-likeness (QED) is 0.177. The molecule has 1 aliphatic carbocycles. The molecule has 7 aromatic carbocycles. The van der Waals surface area contributed by atoms with Gasteiger partial charge in [0, 0.05) is 40.0 Å². The number of benzene rings is 7. The number of fused-ring (bicyclic) bond motifs is 9. The molecule has 9 aromatic rings. The average molecular weight is 645 g/mol. The molecule has 0 saturated heterocycles. The van der Waals surface area contributed by atoms with E-state index in [1.165, 1.54) is 80.8 Å².